The van der Waals surface area contributed by atoms with Crippen molar-refractivity contribution in [2.45, 2.75) is 24.2 Å². The third kappa shape index (κ3) is 6.06. The molecule has 6 atom stereocenters. The number of phenols is 1. The zero-order valence-electron chi connectivity index (χ0n) is 33.4. The highest BCUT2D eigenvalue weighted by molar-refractivity contribution is 6.32. The number of hydrogen-bond acceptors (Lipinski definition) is 8. The third-order valence-corrected chi connectivity index (χ3v) is 13.0. The molecule has 9 nitrogen and oxygen atoms in total. The lowest BCUT2D eigenvalue weighted by Crippen LogP contribution is -2.58. The molecule has 1 aliphatic heterocycles. The lowest BCUT2D eigenvalue weighted by Gasteiger charge is -2.55. The maximum absolute atomic E-state index is 15.3. The van der Waals surface area contributed by atoms with Crippen molar-refractivity contribution < 1.29 is 38.5 Å². The van der Waals surface area contributed by atoms with Crippen LogP contribution < -0.4 is 19.1 Å². The molecule has 0 bridgehead atoms. The van der Waals surface area contributed by atoms with Crippen molar-refractivity contribution in [3.05, 3.63) is 167 Å². The number of allylic oxidation sites excluding steroid dienone is 4. The van der Waals surface area contributed by atoms with Gasteiger partial charge >= 0.3 is 0 Å². The van der Waals surface area contributed by atoms with Crippen molar-refractivity contribution >= 4 is 46.8 Å². The summed E-state index contributed by atoms with van der Waals surface area (Å²) in [7, 11) is 4.68. The maximum Gasteiger partial charge on any atom is 0.238 e. The van der Waals surface area contributed by atoms with Crippen LogP contribution in [0.3, 0.4) is 0 Å². The van der Waals surface area contributed by atoms with Crippen LogP contribution in [0.4, 0.5) is 5.69 Å². The number of imide groups is 1. The molecule has 9 heteroatoms. The molecular formula is C51H43NO8. The van der Waals surface area contributed by atoms with Crippen molar-refractivity contribution in [2.24, 2.45) is 23.7 Å². The number of benzene rings is 5. The molecule has 3 aliphatic carbocycles. The molecule has 9 rings (SSSR count). The first-order chi connectivity index (χ1) is 29.2. The number of aromatic hydroxyl groups is 1. The van der Waals surface area contributed by atoms with E-state index in [4.69, 9.17) is 14.2 Å². The van der Waals surface area contributed by atoms with E-state index >= 15 is 9.59 Å². The number of rotatable bonds is 9. The normalized spacial score (nSPS) is 24.6. The summed E-state index contributed by atoms with van der Waals surface area (Å²) in [6.07, 6.45) is 7.80. The van der Waals surface area contributed by atoms with Gasteiger partial charge in [0, 0.05) is 23.0 Å². The molecule has 300 valence electrons. The number of methoxy groups -OCH3 is 3. The summed E-state index contributed by atoms with van der Waals surface area (Å²) in [6.45, 7) is 0. The number of carbonyl (C=O) groups excluding carboxylic acids is 4. The minimum absolute atomic E-state index is 0.111. The van der Waals surface area contributed by atoms with Crippen molar-refractivity contribution in [1.29, 1.82) is 0 Å². The number of Topliss-reactive ketones (excluding diaryl/α,β-unsaturated/α-hetero) is 1. The fourth-order valence-electron chi connectivity index (χ4n) is 10.3. The lowest BCUT2D eigenvalue weighted by atomic mass is 9.44. The number of carbonyl (C=O) groups is 4. The van der Waals surface area contributed by atoms with E-state index < -0.39 is 35.0 Å². The zero-order chi connectivity index (χ0) is 41.7. The monoisotopic (exact) mass is 797 g/mol. The Balaban J connectivity index is 1.13. The van der Waals surface area contributed by atoms with Gasteiger partial charge in [0.2, 0.25) is 11.8 Å². The molecule has 2 amide bonds. The summed E-state index contributed by atoms with van der Waals surface area (Å²) in [5.41, 5.74) is 3.79. The van der Waals surface area contributed by atoms with Crippen LogP contribution in [-0.4, -0.2) is 49.8 Å². The van der Waals surface area contributed by atoms with Crippen LogP contribution in [0, 0.1) is 23.7 Å². The first-order valence-corrected chi connectivity index (χ1v) is 20.1. The molecule has 1 heterocycles. The van der Waals surface area contributed by atoms with Gasteiger partial charge in [-0.2, -0.15) is 0 Å². The van der Waals surface area contributed by atoms with Crippen LogP contribution in [0.1, 0.15) is 46.6 Å². The number of anilines is 1. The van der Waals surface area contributed by atoms with Gasteiger partial charge in [-0.3, -0.25) is 24.1 Å². The summed E-state index contributed by atoms with van der Waals surface area (Å²) in [6, 6.07) is 36.4. The molecule has 60 heavy (non-hydrogen) atoms. The molecule has 2 fully saturated rings. The van der Waals surface area contributed by atoms with E-state index in [-0.39, 0.29) is 47.7 Å². The van der Waals surface area contributed by atoms with Crippen LogP contribution in [-0.2, 0) is 24.6 Å². The van der Waals surface area contributed by atoms with E-state index in [2.05, 4.69) is 0 Å². The SMILES string of the molecule is COc1ccc(OC)c(C=Cc2ccc(N3C(=O)[C@H]4[C@H](CC=C5[C@H]4C[C@H]4C(=O)C(c6ccccc6)=CC(=O)[C@@]4(c4ccccc4)[C@H]5c4ccc(OC)c(O)c4)C3=O)cc2)c1. The summed E-state index contributed by atoms with van der Waals surface area (Å²) < 4.78 is 16.3. The number of nitrogens with zero attached hydrogens (tertiary/aromatic N) is 1. The lowest BCUT2D eigenvalue weighted by molar-refractivity contribution is -0.135. The standard InChI is InChI=1S/C51H43NO8/c1-58-36-21-25-43(59-2)32(26-36)17-14-30-15-19-35(20-16-30)52-49(56)38-23-22-37-40(46(38)50(52)57)28-41-48(55)39(31-10-6-4-7-11-31)29-45(54)51(41,34-12-8-5-9-13-34)47(37)33-18-24-44(60-3)42(53)27-33/h4-22,24-27,29,38,40-41,46-47,53H,23,28H2,1-3H3/t38-,40+,41-,46-,47-,51-/m0/s1. The quantitative estimate of drug-likeness (QED) is 0.0895. The van der Waals surface area contributed by atoms with E-state index in [1.54, 1.807) is 38.5 Å². The van der Waals surface area contributed by atoms with Gasteiger partial charge in [-0.25, -0.2) is 0 Å². The van der Waals surface area contributed by atoms with Crippen molar-refractivity contribution in [3.8, 4) is 23.0 Å². The smallest absolute Gasteiger partial charge is 0.238 e. The highest BCUT2D eigenvalue weighted by Crippen LogP contribution is 2.64. The molecule has 1 saturated carbocycles. The summed E-state index contributed by atoms with van der Waals surface area (Å²) in [5, 5.41) is 11.2. The summed E-state index contributed by atoms with van der Waals surface area (Å²) in [4.78, 5) is 61.0. The summed E-state index contributed by atoms with van der Waals surface area (Å²) >= 11 is 0. The van der Waals surface area contributed by atoms with Crippen molar-refractivity contribution in [2.75, 3.05) is 26.2 Å². The minimum atomic E-state index is -1.41. The number of phenolic OH excluding ortho intramolecular Hbond substituents is 1. The molecule has 1 saturated heterocycles. The molecule has 5 aromatic rings. The topological polar surface area (TPSA) is 119 Å². The van der Waals surface area contributed by atoms with Gasteiger partial charge < -0.3 is 19.3 Å². The molecular weight excluding hydrogens is 755 g/mol. The second kappa shape index (κ2) is 15.3. The molecule has 0 unspecified atom stereocenters. The van der Waals surface area contributed by atoms with Gasteiger partial charge in [0.05, 0.1) is 44.3 Å². The van der Waals surface area contributed by atoms with Gasteiger partial charge in [0.25, 0.3) is 0 Å². The Labute approximate surface area is 348 Å². The molecule has 5 aromatic carbocycles. The van der Waals surface area contributed by atoms with Crippen LogP contribution in [0.2, 0.25) is 0 Å². The number of fused-ring (bicyclic) bond motifs is 4. The number of hydrogen-bond donors (Lipinski definition) is 1. The van der Waals surface area contributed by atoms with Crippen molar-refractivity contribution in [3.63, 3.8) is 0 Å². The zero-order valence-corrected chi connectivity index (χ0v) is 33.4. The van der Waals surface area contributed by atoms with Gasteiger partial charge in [0.1, 0.15) is 11.5 Å². The van der Waals surface area contributed by atoms with Crippen molar-refractivity contribution in [1.82, 2.24) is 0 Å². The van der Waals surface area contributed by atoms with Gasteiger partial charge in [-0.1, -0.05) is 103 Å². The van der Waals surface area contributed by atoms with Crippen LogP contribution in [0.5, 0.6) is 23.0 Å². The highest BCUT2D eigenvalue weighted by atomic mass is 16.5. The van der Waals surface area contributed by atoms with E-state index in [1.807, 2.05) is 115 Å². The maximum atomic E-state index is 15.3. The van der Waals surface area contributed by atoms with Crippen LogP contribution in [0.15, 0.2) is 139 Å². The Hall–Kier alpha value is -7.00. The average molecular weight is 798 g/mol. The highest BCUT2D eigenvalue weighted by Gasteiger charge is 2.66. The van der Waals surface area contributed by atoms with Crippen LogP contribution in [0.25, 0.3) is 17.7 Å². The van der Waals surface area contributed by atoms with Crippen LogP contribution >= 0.6 is 0 Å². The first-order valence-electron chi connectivity index (χ1n) is 20.1. The molecule has 1 N–H and O–H groups in total. The first kappa shape index (κ1) is 38.5. The Kier molecular flexibility index (Phi) is 9.83. The molecule has 0 radical (unpaired) electrons. The fourth-order valence-corrected chi connectivity index (χ4v) is 10.3. The van der Waals surface area contributed by atoms with E-state index in [1.165, 1.54) is 18.1 Å². The van der Waals surface area contributed by atoms with E-state index in [0.29, 0.717) is 39.4 Å². The fraction of sp³-hybridized carbons (Fsp3) is 0.216. The second-order valence-electron chi connectivity index (χ2n) is 15.8. The average Bonchev–Trinajstić information content (AvgIpc) is 3.55. The minimum Gasteiger partial charge on any atom is -0.504 e. The molecule has 0 aromatic heterocycles. The largest absolute Gasteiger partial charge is 0.504 e. The Morgan fingerprint density at radius 1 is 0.717 bits per heavy atom. The summed E-state index contributed by atoms with van der Waals surface area (Å²) in [5.74, 6) is -3.13. The Morgan fingerprint density at radius 2 is 1.42 bits per heavy atom. The second-order valence-corrected chi connectivity index (χ2v) is 15.8. The Bertz CT molecular complexity index is 2630. The Morgan fingerprint density at radius 3 is 2.10 bits per heavy atom. The van der Waals surface area contributed by atoms with Gasteiger partial charge in [0.15, 0.2) is 23.1 Å². The van der Waals surface area contributed by atoms with Gasteiger partial charge in [-0.05, 0) is 89.6 Å². The van der Waals surface area contributed by atoms with E-state index in [0.717, 1.165) is 16.7 Å². The number of amides is 2. The molecule has 4 aliphatic rings. The molecule has 0 spiro atoms. The predicted molar refractivity (Wildman–Crippen MR) is 229 cm³/mol. The van der Waals surface area contributed by atoms with Gasteiger partial charge in [-0.15, -0.1) is 0 Å². The predicted octanol–water partition coefficient (Wildman–Crippen LogP) is 8.62. The third-order valence-electron chi connectivity index (χ3n) is 13.0. The number of ether oxygens (including phenoxy) is 3. The number of ketones is 2. The van der Waals surface area contributed by atoms with E-state index in [9.17, 15) is 14.7 Å².